The van der Waals surface area contributed by atoms with E-state index in [0.717, 1.165) is 13.0 Å². The van der Waals surface area contributed by atoms with Gasteiger partial charge in [0.1, 0.15) is 5.82 Å². The van der Waals surface area contributed by atoms with Crippen LogP contribution in [0.3, 0.4) is 0 Å². The van der Waals surface area contributed by atoms with E-state index in [1.54, 1.807) is 36.6 Å². The van der Waals surface area contributed by atoms with Crippen molar-refractivity contribution < 1.29 is 8.83 Å². The number of hydrogen-bond acceptors (Lipinski definition) is 7. The SMILES string of the molecule is CCCN(Cc1nc2cc(Cl)ccc2c(=O)[nH]1)Cc1nnc(-c2ccco2)o1. The van der Waals surface area contributed by atoms with Gasteiger partial charge in [0, 0.05) is 5.02 Å². The smallest absolute Gasteiger partial charge is 0.283 e. The predicted octanol–water partition coefficient (Wildman–Crippen LogP) is 3.63. The zero-order valence-corrected chi connectivity index (χ0v) is 15.9. The monoisotopic (exact) mass is 399 g/mol. The van der Waals surface area contributed by atoms with Crippen LogP contribution in [0.25, 0.3) is 22.6 Å². The Bertz CT molecular complexity index is 1140. The van der Waals surface area contributed by atoms with Gasteiger partial charge in [0.15, 0.2) is 5.76 Å². The van der Waals surface area contributed by atoms with Crippen molar-refractivity contribution in [2.45, 2.75) is 26.4 Å². The lowest BCUT2D eigenvalue weighted by molar-refractivity contribution is 0.226. The second kappa shape index (κ2) is 7.95. The quantitative estimate of drug-likeness (QED) is 0.506. The molecule has 0 radical (unpaired) electrons. The minimum atomic E-state index is -0.189. The Balaban J connectivity index is 1.55. The third kappa shape index (κ3) is 3.97. The first-order chi connectivity index (χ1) is 13.6. The molecule has 0 amide bonds. The van der Waals surface area contributed by atoms with Crippen molar-refractivity contribution in [2.75, 3.05) is 6.54 Å². The summed E-state index contributed by atoms with van der Waals surface area (Å²) in [5.74, 6) is 1.88. The van der Waals surface area contributed by atoms with Crippen LogP contribution in [0.2, 0.25) is 5.02 Å². The van der Waals surface area contributed by atoms with Gasteiger partial charge < -0.3 is 13.8 Å². The minimum Gasteiger partial charge on any atom is -0.459 e. The summed E-state index contributed by atoms with van der Waals surface area (Å²) in [6.07, 6.45) is 2.47. The Labute approximate surface area is 165 Å². The van der Waals surface area contributed by atoms with Crippen LogP contribution in [0.1, 0.15) is 25.1 Å². The third-order valence-corrected chi connectivity index (χ3v) is 4.42. The number of nitrogens with one attached hydrogen (secondary N) is 1. The molecule has 1 N–H and O–H groups in total. The number of H-pyrrole nitrogens is 1. The number of aromatic amines is 1. The zero-order chi connectivity index (χ0) is 19.5. The normalized spacial score (nSPS) is 11.5. The Morgan fingerprint density at radius 2 is 2.11 bits per heavy atom. The first kappa shape index (κ1) is 18.4. The van der Waals surface area contributed by atoms with Crippen LogP contribution >= 0.6 is 11.6 Å². The molecule has 3 heterocycles. The van der Waals surface area contributed by atoms with E-state index in [-0.39, 0.29) is 5.56 Å². The molecule has 9 heteroatoms. The highest BCUT2D eigenvalue weighted by molar-refractivity contribution is 6.31. The lowest BCUT2D eigenvalue weighted by Crippen LogP contribution is -2.26. The summed E-state index contributed by atoms with van der Waals surface area (Å²) in [6.45, 7) is 3.71. The Morgan fingerprint density at radius 3 is 2.89 bits per heavy atom. The lowest BCUT2D eigenvalue weighted by Gasteiger charge is -2.19. The van der Waals surface area contributed by atoms with Gasteiger partial charge in [-0.2, -0.15) is 0 Å². The number of furan rings is 1. The number of nitrogens with zero attached hydrogens (tertiary/aromatic N) is 4. The van der Waals surface area contributed by atoms with Crippen molar-refractivity contribution in [1.82, 2.24) is 25.1 Å². The van der Waals surface area contributed by atoms with Gasteiger partial charge in [-0.25, -0.2) is 4.98 Å². The minimum absolute atomic E-state index is 0.189. The van der Waals surface area contributed by atoms with Gasteiger partial charge >= 0.3 is 0 Å². The molecule has 0 spiro atoms. The number of fused-ring (bicyclic) bond motifs is 1. The van der Waals surface area contributed by atoms with E-state index in [1.165, 1.54) is 0 Å². The molecule has 0 saturated heterocycles. The van der Waals surface area contributed by atoms with E-state index < -0.39 is 0 Å². The molecule has 0 saturated carbocycles. The van der Waals surface area contributed by atoms with Crippen LogP contribution in [-0.4, -0.2) is 31.6 Å². The van der Waals surface area contributed by atoms with Gasteiger partial charge in [0.05, 0.1) is 30.3 Å². The lowest BCUT2D eigenvalue weighted by atomic mass is 10.2. The molecule has 4 aromatic rings. The molecule has 0 aliphatic rings. The zero-order valence-electron chi connectivity index (χ0n) is 15.2. The topological polar surface area (TPSA) is 101 Å². The van der Waals surface area contributed by atoms with Crippen LogP contribution in [0.5, 0.6) is 0 Å². The molecule has 144 valence electrons. The van der Waals surface area contributed by atoms with Gasteiger partial charge in [0.25, 0.3) is 11.4 Å². The van der Waals surface area contributed by atoms with E-state index in [0.29, 0.717) is 52.4 Å². The van der Waals surface area contributed by atoms with E-state index in [4.69, 9.17) is 20.4 Å². The maximum absolute atomic E-state index is 12.3. The van der Waals surface area contributed by atoms with E-state index in [1.807, 2.05) is 0 Å². The molecule has 28 heavy (non-hydrogen) atoms. The van der Waals surface area contributed by atoms with Gasteiger partial charge in [-0.3, -0.25) is 9.69 Å². The second-order valence-corrected chi connectivity index (χ2v) is 6.80. The average Bonchev–Trinajstić information content (AvgIpc) is 3.33. The Morgan fingerprint density at radius 1 is 1.21 bits per heavy atom. The van der Waals surface area contributed by atoms with Crippen LogP contribution in [0.4, 0.5) is 0 Å². The summed E-state index contributed by atoms with van der Waals surface area (Å²) in [5.41, 5.74) is 0.381. The number of aromatic nitrogens is 4. The molecular formula is C19H18ClN5O3. The molecule has 0 aliphatic heterocycles. The summed E-state index contributed by atoms with van der Waals surface area (Å²) >= 11 is 6.03. The van der Waals surface area contributed by atoms with Gasteiger partial charge in [0.2, 0.25) is 5.89 Å². The summed E-state index contributed by atoms with van der Waals surface area (Å²) in [4.78, 5) is 21.8. The van der Waals surface area contributed by atoms with E-state index in [9.17, 15) is 4.79 Å². The van der Waals surface area contributed by atoms with Crippen LogP contribution in [-0.2, 0) is 13.1 Å². The summed E-state index contributed by atoms with van der Waals surface area (Å²) in [5, 5.41) is 9.15. The van der Waals surface area contributed by atoms with Crippen LogP contribution in [0.15, 0.2) is 50.2 Å². The summed E-state index contributed by atoms with van der Waals surface area (Å²) in [7, 11) is 0. The Hall–Kier alpha value is -2.97. The number of benzene rings is 1. The highest BCUT2D eigenvalue weighted by Crippen LogP contribution is 2.19. The molecule has 1 aromatic carbocycles. The Kier molecular flexibility index (Phi) is 5.23. The molecule has 0 bridgehead atoms. The summed E-state index contributed by atoms with van der Waals surface area (Å²) in [6, 6.07) is 8.56. The van der Waals surface area contributed by atoms with Crippen molar-refractivity contribution in [1.29, 1.82) is 0 Å². The maximum atomic E-state index is 12.3. The van der Waals surface area contributed by atoms with E-state index >= 15 is 0 Å². The molecule has 0 atom stereocenters. The third-order valence-electron chi connectivity index (χ3n) is 4.19. The average molecular weight is 400 g/mol. The number of hydrogen-bond donors (Lipinski definition) is 1. The number of halogens is 1. The largest absolute Gasteiger partial charge is 0.459 e. The highest BCUT2D eigenvalue weighted by atomic mass is 35.5. The van der Waals surface area contributed by atoms with Gasteiger partial charge in [-0.15, -0.1) is 10.2 Å². The summed E-state index contributed by atoms with van der Waals surface area (Å²) < 4.78 is 11.0. The molecular weight excluding hydrogens is 382 g/mol. The molecule has 0 aliphatic carbocycles. The second-order valence-electron chi connectivity index (χ2n) is 6.36. The van der Waals surface area contributed by atoms with Crippen molar-refractivity contribution in [3.63, 3.8) is 0 Å². The fourth-order valence-corrected chi connectivity index (χ4v) is 3.15. The molecule has 0 fully saturated rings. The molecule has 3 aromatic heterocycles. The fourth-order valence-electron chi connectivity index (χ4n) is 2.99. The van der Waals surface area contributed by atoms with Crippen molar-refractivity contribution in [2.24, 2.45) is 0 Å². The standard InChI is InChI=1S/C19H18ClN5O3/c1-2-7-25(11-17-23-24-19(28-17)15-4-3-8-27-15)10-16-21-14-9-12(20)5-6-13(14)18(26)22-16/h3-6,8-9H,2,7,10-11H2,1H3,(H,21,22,26). The van der Waals surface area contributed by atoms with Gasteiger partial charge in [-0.05, 0) is 43.3 Å². The maximum Gasteiger partial charge on any atom is 0.283 e. The first-order valence-electron chi connectivity index (χ1n) is 8.89. The predicted molar refractivity (Wildman–Crippen MR) is 104 cm³/mol. The fraction of sp³-hybridized carbons (Fsp3) is 0.263. The van der Waals surface area contributed by atoms with Crippen molar-refractivity contribution in [3.8, 4) is 11.7 Å². The molecule has 0 unspecified atom stereocenters. The highest BCUT2D eigenvalue weighted by Gasteiger charge is 2.16. The van der Waals surface area contributed by atoms with Crippen LogP contribution in [0, 0.1) is 0 Å². The molecule has 4 rings (SSSR count). The molecule has 8 nitrogen and oxygen atoms in total. The first-order valence-corrected chi connectivity index (χ1v) is 9.27. The van der Waals surface area contributed by atoms with Crippen molar-refractivity contribution >= 4 is 22.5 Å². The van der Waals surface area contributed by atoms with Crippen LogP contribution < -0.4 is 5.56 Å². The van der Waals surface area contributed by atoms with Gasteiger partial charge in [-0.1, -0.05) is 18.5 Å². The van der Waals surface area contributed by atoms with Crippen molar-refractivity contribution in [3.05, 3.63) is 63.7 Å². The number of rotatable bonds is 7. The van der Waals surface area contributed by atoms with E-state index in [2.05, 4.69) is 32.0 Å².